The van der Waals surface area contributed by atoms with Crippen LogP contribution in [0.4, 0.5) is 17.3 Å². The summed E-state index contributed by atoms with van der Waals surface area (Å²) in [7, 11) is -3.25. The zero-order chi connectivity index (χ0) is 23.6. The van der Waals surface area contributed by atoms with Gasteiger partial charge in [0.15, 0.2) is 17.3 Å². The molecule has 0 radical (unpaired) electrons. The third kappa shape index (κ3) is 3.41. The van der Waals surface area contributed by atoms with E-state index in [1.54, 1.807) is 15.2 Å². The maximum Gasteiger partial charge on any atom is 0.211 e. The number of rotatable bonds is 4. The van der Waals surface area contributed by atoms with Crippen molar-refractivity contribution in [1.29, 1.82) is 0 Å². The van der Waals surface area contributed by atoms with Crippen LogP contribution in [0.5, 0.6) is 0 Å². The van der Waals surface area contributed by atoms with Crippen LogP contribution in [-0.2, 0) is 14.8 Å². The van der Waals surface area contributed by atoms with Gasteiger partial charge in [0.1, 0.15) is 5.82 Å². The fourth-order valence-electron chi connectivity index (χ4n) is 5.59. The number of pyridine rings is 1. The van der Waals surface area contributed by atoms with E-state index in [-0.39, 0.29) is 18.1 Å². The maximum atomic E-state index is 12.3. The van der Waals surface area contributed by atoms with Crippen molar-refractivity contribution in [2.24, 2.45) is 0 Å². The second kappa shape index (κ2) is 7.82. The minimum absolute atomic E-state index is 0.0731. The second-order valence-electron chi connectivity index (χ2n) is 9.43. The number of ether oxygens (including phenoxy) is 1. The summed E-state index contributed by atoms with van der Waals surface area (Å²) >= 11 is 0. The molecule has 0 spiro atoms. The highest BCUT2D eigenvalue weighted by molar-refractivity contribution is 7.88. The van der Waals surface area contributed by atoms with Gasteiger partial charge in [-0.15, -0.1) is 5.10 Å². The summed E-state index contributed by atoms with van der Waals surface area (Å²) in [5.74, 6) is 1.90. The van der Waals surface area contributed by atoms with E-state index in [9.17, 15) is 8.42 Å². The van der Waals surface area contributed by atoms with Gasteiger partial charge in [-0.25, -0.2) is 13.4 Å². The fraction of sp³-hybridized carbons (Fsp3) is 0.571. The van der Waals surface area contributed by atoms with Crippen molar-refractivity contribution < 1.29 is 13.2 Å². The number of piperazine rings is 1. The van der Waals surface area contributed by atoms with Gasteiger partial charge in [-0.2, -0.15) is 14.1 Å². The van der Waals surface area contributed by atoms with Gasteiger partial charge in [-0.3, -0.25) is 5.10 Å². The van der Waals surface area contributed by atoms with Crippen LogP contribution >= 0.6 is 0 Å². The van der Waals surface area contributed by atoms with Crippen LogP contribution in [0.2, 0.25) is 0 Å². The molecule has 0 aliphatic carbocycles. The summed E-state index contributed by atoms with van der Waals surface area (Å²) < 4.78 is 33.5. The number of aromatic amines is 1. The van der Waals surface area contributed by atoms with Crippen LogP contribution in [0, 0.1) is 0 Å². The quantitative estimate of drug-likeness (QED) is 0.540. The van der Waals surface area contributed by atoms with Gasteiger partial charge in [0.05, 0.1) is 42.8 Å². The lowest BCUT2D eigenvalue weighted by atomic mass is 10.1. The van der Waals surface area contributed by atoms with Crippen molar-refractivity contribution >= 4 is 38.4 Å². The van der Waals surface area contributed by atoms with Crippen LogP contribution in [0.1, 0.15) is 19.8 Å². The van der Waals surface area contributed by atoms with Crippen LogP contribution in [0.3, 0.4) is 0 Å². The van der Waals surface area contributed by atoms with Gasteiger partial charge >= 0.3 is 0 Å². The first-order chi connectivity index (χ1) is 16.3. The number of sulfonamides is 1. The minimum atomic E-state index is -3.25. The molecule has 0 amide bonds. The Balaban J connectivity index is 1.52. The third-order valence-electron chi connectivity index (χ3n) is 7.20. The molecule has 3 aliphatic rings. The number of anilines is 3. The number of fused-ring (bicyclic) bond motifs is 3. The Morgan fingerprint density at radius 1 is 1.24 bits per heavy atom. The fourth-order valence-corrected chi connectivity index (χ4v) is 6.48. The molecule has 34 heavy (non-hydrogen) atoms. The lowest BCUT2D eigenvalue weighted by Crippen LogP contribution is -2.55. The zero-order valence-electron chi connectivity index (χ0n) is 19.3. The van der Waals surface area contributed by atoms with Gasteiger partial charge in [0, 0.05) is 43.9 Å². The molecular formula is C21H29N9O3S. The molecule has 3 aromatic rings. The molecule has 2 bridgehead atoms. The Morgan fingerprint density at radius 3 is 2.65 bits per heavy atom. The lowest BCUT2D eigenvalue weighted by molar-refractivity contribution is 0.0985. The molecule has 0 saturated carbocycles. The number of hydrogen-bond donors (Lipinski definition) is 2. The number of aromatic nitrogens is 5. The van der Waals surface area contributed by atoms with Crippen molar-refractivity contribution in [3.05, 3.63) is 18.3 Å². The topological polar surface area (TPSA) is 138 Å². The van der Waals surface area contributed by atoms with E-state index in [0.29, 0.717) is 43.6 Å². The van der Waals surface area contributed by atoms with Gasteiger partial charge in [-0.1, -0.05) is 0 Å². The standard InChI is InChI=1S/C21H29N9O3S/c1-13-12-33-8-7-28(13)18-9-16(29-14-3-4-15(29)11-27(10-14)34(2,31)32)19-20(22)26-30(21(19)24-18)17-5-6-23-25-17/h5-6,9,13-15H,3-4,7-8,10-12H2,1-2H3,(H2,22,26)(H,23,25)/t13-,14?,15?/m1/s1. The van der Waals surface area contributed by atoms with E-state index >= 15 is 0 Å². The van der Waals surface area contributed by atoms with Gasteiger partial charge in [0.2, 0.25) is 10.0 Å². The monoisotopic (exact) mass is 487 g/mol. The first kappa shape index (κ1) is 21.6. The van der Waals surface area contributed by atoms with E-state index in [0.717, 1.165) is 36.3 Å². The Kier molecular flexibility index (Phi) is 4.97. The Labute approximate surface area is 197 Å². The van der Waals surface area contributed by atoms with Crippen LogP contribution < -0.4 is 15.5 Å². The van der Waals surface area contributed by atoms with Gasteiger partial charge in [0.25, 0.3) is 0 Å². The third-order valence-corrected chi connectivity index (χ3v) is 8.44. The molecule has 13 heteroatoms. The molecule has 6 rings (SSSR count). The molecule has 3 aromatic heterocycles. The zero-order valence-corrected chi connectivity index (χ0v) is 20.1. The van der Waals surface area contributed by atoms with Crippen LogP contribution in [-0.4, -0.2) is 94.9 Å². The molecular weight excluding hydrogens is 458 g/mol. The summed E-state index contributed by atoms with van der Waals surface area (Å²) in [5.41, 5.74) is 8.09. The Bertz CT molecular complexity index is 1310. The molecule has 3 atom stereocenters. The SMILES string of the molecule is C[C@@H]1COCCN1c1cc(N2C3CCC2CN(S(C)(=O)=O)C3)c2c(N)nn(-c3ccn[nH]3)c2n1. The van der Waals surface area contributed by atoms with Crippen molar-refractivity contribution in [3.8, 4) is 5.82 Å². The number of morpholine rings is 1. The Morgan fingerprint density at radius 2 is 2.00 bits per heavy atom. The number of H-pyrrole nitrogens is 1. The van der Waals surface area contributed by atoms with Crippen LogP contribution in [0.25, 0.3) is 16.9 Å². The number of nitrogen functional groups attached to an aromatic ring is 1. The summed E-state index contributed by atoms with van der Waals surface area (Å²) in [4.78, 5) is 9.62. The Hall–Kier alpha value is -2.90. The second-order valence-corrected chi connectivity index (χ2v) is 11.4. The largest absolute Gasteiger partial charge is 0.382 e. The number of nitrogens with one attached hydrogen (secondary N) is 1. The number of nitrogens with zero attached hydrogens (tertiary/aromatic N) is 7. The van der Waals surface area contributed by atoms with Gasteiger partial charge < -0.3 is 20.3 Å². The number of nitrogens with two attached hydrogens (primary N) is 1. The average molecular weight is 488 g/mol. The van der Waals surface area contributed by atoms with E-state index in [1.165, 1.54) is 6.26 Å². The summed E-state index contributed by atoms with van der Waals surface area (Å²) in [6.45, 7) is 5.07. The molecule has 3 aliphatic heterocycles. The molecule has 3 fully saturated rings. The normalized spacial score (nSPS) is 26.0. The average Bonchev–Trinajstić information content (AvgIpc) is 3.50. The van der Waals surface area contributed by atoms with E-state index in [2.05, 4.69) is 38.1 Å². The highest BCUT2D eigenvalue weighted by Gasteiger charge is 2.44. The highest BCUT2D eigenvalue weighted by atomic mass is 32.2. The first-order valence-corrected chi connectivity index (χ1v) is 13.4. The molecule has 3 saturated heterocycles. The minimum Gasteiger partial charge on any atom is -0.382 e. The summed E-state index contributed by atoms with van der Waals surface area (Å²) in [6, 6.07) is 4.24. The summed E-state index contributed by atoms with van der Waals surface area (Å²) in [6.07, 6.45) is 4.81. The van der Waals surface area contributed by atoms with Crippen molar-refractivity contribution in [1.82, 2.24) is 29.3 Å². The van der Waals surface area contributed by atoms with E-state index in [4.69, 9.17) is 15.5 Å². The first-order valence-electron chi connectivity index (χ1n) is 11.6. The smallest absolute Gasteiger partial charge is 0.211 e. The molecule has 3 N–H and O–H groups in total. The molecule has 12 nitrogen and oxygen atoms in total. The molecule has 2 unspecified atom stereocenters. The molecule has 0 aromatic carbocycles. The van der Waals surface area contributed by atoms with E-state index < -0.39 is 10.0 Å². The van der Waals surface area contributed by atoms with Crippen LogP contribution in [0.15, 0.2) is 18.3 Å². The summed E-state index contributed by atoms with van der Waals surface area (Å²) in [5, 5.41) is 12.4. The van der Waals surface area contributed by atoms with Crippen molar-refractivity contribution in [2.45, 2.75) is 37.9 Å². The molecule has 6 heterocycles. The van der Waals surface area contributed by atoms with Crippen molar-refractivity contribution in [3.63, 3.8) is 0 Å². The molecule has 182 valence electrons. The highest BCUT2D eigenvalue weighted by Crippen LogP contribution is 2.42. The van der Waals surface area contributed by atoms with Gasteiger partial charge in [-0.05, 0) is 19.8 Å². The predicted octanol–water partition coefficient (Wildman–Crippen LogP) is 0.564. The maximum absolute atomic E-state index is 12.3. The number of hydrogen-bond acceptors (Lipinski definition) is 9. The van der Waals surface area contributed by atoms with Crippen molar-refractivity contribution in [2.75, 3.05) is 54.6 Å². The predicted molar refractivity (Wildman–Crippen MR) is 129 cm³/mol. The van der Waals surface area contributed by atoms with E-state index in [1.807, 2.05) is 6.07 Å². The lowest BCUT2D eigenvalue weighted by Gasteiger charge is -2.42.